The lowest BCUT2D eigenvalue weighted by molar-refractivity contribution is 0.125. The van der Waals surface area contributed by atoms with E-state index in [0.717, 1.165) is 23.6 Å². The molecule has 0 saturated heterocycles. The van der Waals surface area contributed by atoms with Gasteiger partial charge in [0, 0.05) is 11.8 Å². The average Bonchev–Trinajstić information content (AvgIpc) is 2.63. The normalized spacial score (nSPS) is 14.6. The summed E-state index contributed by atoms with van der Waals surface area (Å²) in [6.45, 7) is -0.967. The summed E-state index contributed by atoms with van der Waals surface area (Å²) in [5.41, 5.74) is 2.46. The molecule has 1 aromatic heterocycles. The van der Waals surface area contributed by atoms with E-state index in [-0.39, 0.29) is 6.54 Å². The van der Waals surface area contributed by atoms with Crippen LogP contribution in [0, 0.1) is 0 Å². The van der Waals surface area contributed by atoms with Crippen LogP contribution >= 0.6 is 0 Å². The highest BCUT2D eigenvalue weighted by molar-refractivity contribution is 7.89. The van der Waals surface area contributed by atoms with Gasteiger partial charge in [-0.05, 0) is 17.2 Å². The molecule has 0 fully saturated rings. The Morgan fingerprint density at radius 2 is 1.61 bits per heavy atom. The van der Waals surface area contributed by atoms with Crippen molar-refractivity contribution in [2.45, 2.75) is 18.7 Å². The van der Waals surface area contributed by atoms with Gasteiger partial charge in [-0.2, -0.15) is 0 Å². The van der Waals surface area contributed by atoms with Gasteiger partial charge in [-0.25, -0.2) is 30.7 Å². The molecule has 0 aliphatic rings. The number of benzene rings is 1. The van der Waals surface area contributed by atoms with E-state index in [1.807, 2.05) is 0 Å². The molecule has 1 heterocycles. The number of nitrogens with one attached hydrogen (secondary N) is 2. The number of pyridine rings is 1. The van der Waals surface area contributed by atoms with Gasteiger partial charge in [0.1, 0.15) is 6.67 Å². The molecule has 8 nitrogen and oxygen atoms in total. The van der Waals surface area contributed by atoms with Crippen molar-refractivity contribution in [2.24, 2.45) is 0 Å². The second-order valence-corrected chi connectivity index (χ2v) is 9.96. The number of halogens is 1. The minimum absolute atomic E-state index is 0.0855. The number of alkyl halides is 1. The largest absolute Gasteiger partial charge is 0.387 e. The molecule has 11 heteroatoms. The number of rotatable bonds is 9. The van der Waals surface area contributed by atoms with Crippen LogP contribution in [-0.4, -0.2) is 52.2 Å². The fourth-order valence-electron chi connectivity index (χ4n) is 2.47. The molecule has 0 aliphatic heterocycles. The van der Waals surface area contributed by atoms with Crippen LogP contribution in [-0.2, 0) is 26.6 Å². The number of aromatic nitrogens is 1. The van der Waals surface area contributed by atoms with Gasteiger partial charge in [-0.15, -0.1) is 0 Å². The minimum Gasteiger partial charge on any atom is -0.387 e. The van der Waals surface area contributed by atoms with E-state index in [1.165, 1.54) is 0 Å². The molecule has 0 aliphatic carbocycles. The Morgan fingerprint density at radius 1 is 1.00 bits per heavy atom. The molecule has 0 spiro atoms. The zero-order chi connectivity index (χ0) is 20.9. The molecule has 28 heavy (non-hydrogen) atoms. The van der Waals surface area contributed by atoms with Gasteiger partial charge in [-0.3, -0.25) is 4.98 Å². The van der Waals surface area contributed by atoms with Crippen LogP contribution in [0.2, 0.25) is 0 Å². The Labute approximate surface area is 163 Å². The second kappa shape index (κ2) is 9.05. The van der Waals surface area contributed by atoms with E-state index >= 15 is 0 Å². The summed E-state index contributed by atoms with van der Waals surface area (Å²) in [5.74, 6) is 0. The fraction of sp³-hybridized carbons (Fsp3) is 0.353. The SMILES string of the molecule is CS(=O)(=O)NCc1ccc(-c2ccc([C@@H](O)[C@@H](CF)NS(C)(=O)=O)cc2)cn1. The lowest BCUT2D eigenvalue weighted by Crippen LogP contribution is -2.40. The molecule has 3 N–H and O–H groups in total. The highest BCUT2D eigenvalue weighted by atomic mass is 32.2. The van der Waals surface area contributed by atoms with E-state index in [9.17, 15) is 26.3 Å². The zero-order valence-corrected chi connectivity index (χ0v) is 17.0. The van der Waals surface area contributed by atoms with Gasteiger partial charge in [-0.1, -0.05) is 30.3 Å². The Balaban J connectivity index is 2.11. The number of sulfonamides is 2. The summed E-state index contributed by atoms with van der Waals surface area (Å²) >= 11 is 0. The Morgan fingerprint density at radius 3 is 2.07 bits per heavy atom. The van der Waals surface area contributed by atoms with E-state index in [1.54, 1.807) is 42.6 Å². The molecule has 0 saturated carbocycles. The maximum Gasteiger partial charge on any atom is 0.209 e. The minimum atomic E-state index is -3.66. The summed E-state index contributed by atoms with van der Waals surface area (Å²) in [6.07, 6.45) is 2.21. The van der Waals surface area contributed by atoms with Crippen LogP contribution in [0.4, 0.5) is 4.39 Å². The maximum atomic E-state index is 13.1. The third-order valence-corrected chi connectivity index (χ3v) is 5.24. The summed E-state index contributed by atoms with van der Waals surface area (Å²) < 4.78 is 62.3. The van der Waals surface area contributed by atoms with Gasteiger partial charge >= 0.3 is 0 Å². The van der Waals surface area contributed by atoms with E-state index < -0.39 is 38.9 Å². The quantitative estimate of drug-likeness (QED) is 0.537. The highest BCUT2D eigenvalue weighted by Crippen LogP contribution is 2.23. The van der Waals surface area contributed by atoms with Crippen molar-refractivity contribution in [3.05, 3.63) is 53.9 Å². The van der Waals surface area contributed by atoms with Crippen molar-refractivity contribution in [2.75, 3.05) is 19.2 Å². The monoisotopic (exact) mass is 431 g/mol. The number of aliphatic hydroxyl groups is 1. The highest BCUT2D eigenvalue weighted by Gasteiger charge is 2.24. The van der Waals surface area contributed by atoms with Crippen molar-refractivity contribution in [3.63, 3.8) is 0 Å². The second-order valence-electron chi connectivity index (χ2n) is 6.35. The third-order valence-electron chi connectivity index (χ3n) is 3.84. The first-order chi connectivity index (χ1) is 13.0. The van der Waals surface area contributed by atoms with Crippen molar-refractivity contribution >= 4 is 20.0 Å². The standard InChI is InChI=1S/C17H22FN3O5S2/c1-27(23,24)20-11-15-8-7-14(10-19-15)12-3-5-13(6-4-12)17(22)16(9-18)21-28(2,25)26/h3-8,10,16-17,20-22H,9,11H2,1-2H3/t16-,17-/m1/s1. The molecular formula is C17H22FN3O5S2. The summed E-state index contributed by atoms with van der Waals surface area (Å²) in [5, 5.41) is 10.2. The topological polar surface area (TPSA) is 125 Å². The van der Waals surface area contributed by atoms with Crippen molar-refractivity contribution < 1.29 is 26.3 Å². The van der Waals surface area contributed by atoms with Gasteiger partial charge in [0.05, 0.1) is 36.9 Å². The number of hydrogen-bond acceptors (Lipinski definition) is 6. The zero-order valence-electron chi connectivity index (χ0n) is 15.3. The van der Waals surface area contributed by atoms with Crippen molar-refractivity contribution in [3.8, 4) is 11.1 Å². The average molecular weight is 432 g/mol. The van der Waals surface area contributed by atoms with E-state index in [0.29, 0.717) is 11.3 Å². The first-order valence-electron chi connectivity index (χ1n) is 8.20. The molecule has 1 aromatic carbocycles. The van der Waals surface area contributed by atoms with Crippen molar-refractivity contribution in [1.82, 2.24) is 14.4 Å². The predicted molar refractivity (Wildman–Crippen MR) is 104 cm³/mol. The molecule has 0 bridgehead atoms. The van der Waals surface area contributed by atoms with Crippen LogP contribution in [0.15, 0.2) is 42.6 Å². The Bertz CT molecular complexity index is 994. The molecular weight excluding hydrogens is 409 g/mol. The van der Waals surface area contributed by atoms with Crippen LogP contribution in [0.25, 0.3) is 11.1 Å². The fourth-order valence-corrected chi connectivity index (χ4v) is 3.62. The number of nitrogens with zero attached hydrogens (tertiary/aromatic N) is 1. The van der Waals surface area contributed by atoms with Crippen LogP contribution < -0.4 is 9.44 Å². The predicted octanol–water partition coefficient (Wildman–Crippen LogP) is 0.718. The summed E-state index contributed by atoms with van der Waals surface area (Å²) in [4.78, 5) is 4.19. The Kier molecular flexibility index (Phi) is 7.23. The summed E-state index contributed by atoms with van der Waals surface area (Å²) in [7, 11) is -6.96. The van der Waals surface area contributed by atoms with E-state index in [4.69, 9.17) is 0 Å². The van der Waals surface area contributed by atoms with Crippen molar-refractivity contribution in [1.29, 1.82) is 0 Å². The molecule has 0 amide bonds. The lowest BCUT2D eigenvalue weighted by atomic mass is 10.00. The first kappa shape index (κ1) is 22.4. The van der Waals surface area contributed by atoms with Gasteiger partial charge < -0.3 is 5.11 Å². The lowest BCUT2D eigenvalue weighted by Gasteiger charge is -2.21. The third kappa shape index (κ3) is 6.91. The summed E-state index contributed by atoms with van der Waals surface area (Å²) in [6, 6.07) is 8.72. The molecule has 154 valence electrons. The van der Waals surface area contributed by atoms with Gasteiger partial charge in [0.15, 0.2) is 0 Å². The Hall–Kier alpha value is -1.92. The van der Waals surface area contributed by atoms with Crippen LogP contribution in [0.5, 0.6) is 0 Å². The molecule has 2 atom stereocenters. The first-order valence-corrected chi connectivity index (χ1v) is 12.0. The maximum absolute atomic E-state index is 13.1. The van der Waals surface area contributed by atoms with Crippen LogP contribution in [0.1, 0.15) is 17.4 Å². The van der Waals surface area contributed by atoms with Gasteiger partial charge in [0.25, 0.3) is 0 Å². The number of hydrogen-bond donors (Lipinski definition) is 3. The van der Waals surface area contributed by atoms with Gasteiger partial charge in [0.2, 0.25) is 20.0 Å². The molecule has 2 aromatic rings. The molecule has 0 unspecified atom stereocenters. The van der Waals surface area contributed by atoms with E-state index in [2.05, 4.69) is 14.4 Å². The smallest absolute Gasteiger partial charge is 0.209 e. The molecule has 0 radical (unpaired) electrons. The van der Waals surface area contributed by atoms with Crippen LogP contribution in [0.3, 0.4) is 0 Å². The molecule has 2 rings (SSSR count). The number of aliphatic hydroxyl groups excluding tert-OH is 1.